The Hall–Kier alpha value is -3.82. The van der Waals surface area contributed by atoms with Crippen molar-refractivity contribution in [1.29, 1.82) is 0 Å². The monoisotopic (exact) mass is 502 g/mol. The number of aryl methyl sites for hydroxylation is 1. The molecule has 2 aliphatic rings. The highest BCUT2D eigenvalue weighted by Crippen LogP contribution is 2.28. The van der Waals surface area contributed by atoms with Gasteiger partial charge in [-0.05, 0) is 42.4 Å². The number of morpholine rings is 1. The number of hydrogen-bond acceptors (Lipinski definition) is 5. The molecule has 5 rings (SSSR count). The van der Waals surface area contributed by atoms with Crippen LogP contribution < -0.4 is 10.2 Å². The summed E-state index contributed by atoms with van der Waals surface area (Å²) in [4.78, 5) is 42.5. The molecule has 9 heteroatoms. The number of amides is 3. The molecular weight excluding hydrogens is 476 g/mol. The maximum atomic E-state index is 13.6. The van der Waals surface area contributed by atoms with Gasteiger partial charge in [0.25, 0.3) is 11.8 Å². The number of hydrogen-bond donors (Lipinski definition) is 1. The molecule has 0 aliphatic carbocycles. The van der Waals surface area contributed by atoms with E-state index in [-0.39, 0.29) is 23.1 Å². The molecule has 0 atom stereocenters. The molecule has 2 saturated heterocycles. The summed E-state index contributed by atoms with van der Waals surface area (Å²) in [5.41, 5.74) is 3.10. The van der Waals surface area contributed by atoms with Crippen LogP contribution in [-0.2, 0) is 32.1 Å². The first-order valence-electron chi connectivity index (χ1n) is 11.9. The zero-order chi connectivity index (χ0) is 25.2. The molecule has 0 radical (unpaired) electrons. The molecule has 0 bridgehead atoms. The Morgan fingerprint density at radius 1 is 1.08 bits per heavy atom. The number of carbonyl (C=O) groups excluding carboxylic acids is 3. The number of carbonyl (C=O) groups is 3. The summed E-state index contributed by atoms with van der Waals surface area (Å²) in [5.74, 6) is -1.03. The van der Waals surface area contributed by atoms with Crippen LogP contribution in [0.25, 0.3) is 17.0 Å². The predicted molar refractivity (Wildman–Crippen MR) is 141 cm³/mol. The van der Waals surface area contributed by atoms with E-state index in [1.165, 1.54) is 4.90 Å². The number of nitrogens with zero attached hydrogens (tertiary/aromatic N) is 3. The van der Waals surface area contributed by atoms with Crippen LogP contribution in [0.2, 0.25) is 0 Å². The van der Waals surface area contributed by atoms with E-state index in [0.29, 0.717) is 44.0 Å². The van der Waals surface area contributed by atoms with Crippen molar-refractivity contribution >= 4 is 57.7 Å². The molecule has 2 aliphatic heterocycles. The molecule has 3 amide bonds. The van der Waals surface area contributed by atoms with Crippen LogP contribution in [0.4, 0.5) is 5.69 Å². The van der Waals surface area contributed by atoms with Crippen molar-refractivity contribution in [3.8, 4) is 0 Å². The zero-order valence-corrected chi connectivity index (χ0v) is 20.7. The normalized spacial score (nSPS) is 17.7. The summed E-state index contributed by atoms with van der Waals surface area (Å²) < 4.78 is 7.21. The number of anilines is 1. The lowest BCUT2D eigenvalue weighted by Gasteiger charge is -2.30. The molecule has 3 aromatic rings. The van der Waals surface area contributed by atoms with Crippen LogP contribution in [0, 0.1) is 0 Å². The molecule has 0 saturated carbocycles. The zero-order valence-electron chi connectivity index (χ0n) is 19.9. The van der Waals surface area contributed by atoms with E-state index in [2.05, 4.69) is 5.32 Å². The summed E-state index contributed by atoms with van der Waals surface area (Å²) in [6, 6.07) is 15.1. The van der Waals surface area contributed by atoms with Crippen LogP contribution in [0.5, 0.6) is 0 Å². The van der Waals surface area contributed by atoms with Gasteiger partial charge in [-0.3, -0.25) is 24.6 Å². The van der Waals surface area contributed by atoms with E-state index in [1.807, 2.05) is 66.2 Å². The molecule has 1 N–H and O–H groups in total. The summed E-state index contributed by atoms with van der Waals surface area (Å²) in [5, 5.41) is 3.56. The first-order chi connectivity index (χ1) is 17.5. The lowest BCUT2D eigenvalue weighted by atomic mass is 10.0. The van der Waals surface area contributed by atoms with Gasteiger partial charge in [0.1, 0.15) is 12.1 Å². The van der Waals surface area contributed by atoms with Crippen LogP contribution in [0.15, 0.2) is 60.3 Å². The summed E-state index contributed by atoms with van der Waals surface area (Å²) >= 11 is 5.37. The third-order valence-corrected chi connectivity index (χ3v) is 6.79. The van der Waals surface area contributed by atoms with Crippen LogP contribution >= 0.6 is 12.2 Å². The van der Waals surface area contributed by atoms with Crippen molar-refractivity contribution in [2.75, 3.05) is 31.2 Å². The number of para-hydroxylation sites is 2. The first-order valence-corrected chi connectivity index (χ1v) is 12.3. The largest absolute Gasteiger partial charge is 0.378 e. The molecule has 8 nitrogen and oxygen atoms in total. The van der Waals surface area contributed by atoms with Crippen LogP contribution in [0.3, 0.4) is 0 Å². The van der Waals surface area contributed by atoms with Crippen molar-refractivity contribution in [1.82, 2.24) is 14.8 Å². The molecule has 0 unspecified atom stereocenters. The van der Waals surface area contributed by atoms with Gasteiger partial charge in [-0.15, -0.1) is 0 Å². The number of aromatic nitrogens is 1. The third-order valence-electron chi connectivity index (χ3n) is 6.50. The van der Waals surface area contributed by atoms with E-state index in [1.54, 1.807) is 11.0 Å². The van der Waals surface area contributed by atoms with Gasteiger partial charge in [-0.1, -0.05) is 43.3 Å². The van der Waals surface area contributed by atoms with Crippen LogP contribution in [0.1, 0.15) is 18.1 Å². The fourth-order valence-corrected chi connectivity index (χ4v) is 4.91. The molecule has 2 aromatic carbocycles. The number of benzene rings is 2. The number of thiocarbonyl (C=S) groups is 1. The molecule has 0 spiro atoms. The van der Waals surface area contributed by atoms with Gasteiger partial charge >= 0.3 is 0 Å². The minimum Gasteiger partial charge on any atom is -0.378 e. The number of nitrogens with one attached hydrogen (secondary N) is 1. The Morgan fingerprint density at radius 3 is 2.58 bits per heavy atom. The Morgan fingerprint density at radius 2 is 1.81 bits per heavy atom. The molecule has 36 heavy (non-hydrogen) atoms. The van der Waals surface area contributed by atoms with Gasteiger partial charge in [0.05, 0.1) is 18.9 Å². The van der Waals surface area contributed by atoms with E-state index >= 15 is 0 Å². The number of rotatable bonds is 5. The lowest BCUT2D eigenvalue weighted by molar-refractivity contribution is -0.135. The molecule has 3 heterocycles. The topological polar surface area (TPSA) is 83.9 Å². The minimum atomic E-state index is -0.545. The Labute approximate surface area is 214 Å². The van der Waals surface area contributed by atoms with Crippen LogP contribution in [-0.4, -0.2) is 58.6 Å². The third kappa shape index (κ3) is 4.43. The number of fused-ring (bicyclic) bond motifs is 1. The van der Waals surface area contributed by atoms with Gasteiger partial charge in [-0.2, -0.15) is 0 Å². The quantitative estimate of drug-likeness (QED) is 0.330. The Kier molecular flexibility index (Phi) is 6.67. The van der Waals surface area contributed by atoms with Crippen molar-refractivity contribution in [2.45, 2.75) is 19.9 Å². The highest BCUT2D eigenvalue weighted by atomic mass is 32.1. The van der Waals surface area contributed by atoms with Gasteiger partial charge < -0.3 is 14.2 Å². The van der Waals surface area contributed by atoms with Crippen molar-refractivity contribution < 1.29 is 19.1 Å². The molecular formula is C27H26N4O4S. The molecule has 1 aromatic heterocycles. The molecule has 2 fully saturated rings. The SMILES string of the molecule is CCc1ccccc1N1C(=O)/C(=C\c2cn(CC(=O)N3CCOCC3)c3ccccc23)C(=O)NC1=S. The standard InChI is InChI=1S/C27H26N4O4S/c1-2-18-7-3-5-9-22(18)31-26(34)21(25(33)28-27(31)36)15-19-16-30(23-10-6-4-8-20(19)23)17-24(32)29-11-13-35-14-12-29/h3-10,15-16H,2,11-14,17H2,1H3,(H,28,33,36)/b21-15-. The first kappa shape index (κ1) is 23.9. The Bertz CT molecular complexity index is 1400. The fraction of sp³-hybridized carbons (Fsp3) is 0.259. The van der Waals surface area contributed by atoms with Gasteiger partial charge in [0, 0.05) is 35.8 Å². The predicted octanol–water partition coefficient (Wildman–Crippen LogP) is 2.89. The second-order valence-corrected chi connectivity index (χ2v) is 9.05. The van der Waals surface area contributed by atoms with Gasteiger partial charge in [0.15, 0.2) is 5.11 Å². The number of ether oxygens (including phenoxy) is 1. The van der Waals surface area contributed by atoms with E-state index in [4.69, 9.17) is 17.0 Å². The highest BCUT2D eigenvalue weighted by Gasteiger charge is 2.35. The highest BCUT2D eigenvalue weighted by molar-refractivity contribution is 7.80. The van der Waals surface area contributed by atoms with Crippen molar-refractivity contribution in [3.05, 3.63) is 71.4 Å². The van der Waals surface area contributed by atoms with Gasteiger partial charge in [-0.25, -0.2) is 0 Å². The van der Waals surface area contributed by atoms with Gasteiger partial charge in [0.2, 0.25) is 5.91 Å². The lowest BCUT2D eigenvalue weighted by Crippen LogP contribution is -2.54. The van der Waals surface area contributed by atoms with E-state index in [0.717, 1.165) is 16.5 Å². The molecule has 184 valence electrons. The second-order valence-electron chi connectivity index (χ2n) is 8.66. The minimum absolute atomic E-state index is 0.00237. The van der Waals surface area contributed by atoms with Crippen molar-refractivity contribution in [2.24, 2.45) is 0 Å². The second kappa shape index (κ2) is 10.0. The smallest absolute Gasteiger partial charge is 0.270 e. The fourth-order valence-electron chi connectivity index (χ4n) is 4.64. The maximum Gasteiger partial charge on any atom is 0.270 e. The average molecular weight is 503 g/mol. The van der Waals surface area contributed by atoms with E-state index in [9.17, 15) is 14.4 Å². The average Bonchev–Trinajstić information content (AvgIpc) is 3.24. The maximum absolute atomic E-state index is 13.6. The van der Waals surface area contributed by atoms with Crippen molar-refractivity contribution in [3.63, 3.8) is 0 Å². The van der Waals surface area contributed by atoms with E-state index < -0.39 is 11.8 Å². The summed E-state index contributed by atoms with van der Waals surface area (Å²) in [7, 11) is 0. The summed E-state index contributed by atoms with van der Waals surface area (Å²) in [6.45, 7) is 4.36. The Balaban J connectivity index is 1.52. The summed E-state index contributed by atoms with van der Waals surface area (Å²) in [6.07, 6.45) is 4.10.